The van der Waals surface area contributed by atoms with E-state index in [4.69, 9.17) is 0 Å². The van der Waals surface area contributed by atoms with Crippen LogP contribution in [0.5, 0.6) is 0 Å². The Balaban J connectivity index is 2.21. The molecule has 0 amide bonds. The average molecular weight is 336 g/mol. The van der Waals surface area contributed by atoms with Crippen molar-refractivity contribution < 1.29 is 4.39 Å². The molecule has 0 N–H and O–H groups in total. The van der Waals surface area contributed by atoms with Crippen LogP contribution in [0.1, 0.15) is 25.3 Å². The van der Waals surface area contributed by atoms with Crippen LogP contribution in [-0.2, 0) is 6.42 Å². The summed E-state index contributed by atoms with van der Waals surface area (Å²) in [7, 11) is 0. The minimum atomic E-state index is -0.147. The number of halogens is 3. The second-order valence-corrected chi connectivity index (χ2v) is 6.62. The van der Waals surface area contributed by atoms with Gasteiger partial charge in [-0.3, -0.25) is 0 Å². The van der Waals surface area contributed by atoms with Crippen LogP contribution < -0.4 is 0 Å². The third-order valence-electron chi connectivity index (χ3n) is 3.29. The predicted octanol–water partition coefficient (Wildman–Crippen LogP) is 4.69. The summed E-state index contributed by atoms with van der Waals surface area (Å²) in [4.78, 5) is 0.500. The van der Waals surface area contributed by atoms with Crippen molar-refractivity contribution in [1.82, 2.24) is 0 Å². The lowest BCUT2D eigenvalue weighted by Gasteiger charge is -2.18. The zero-order valence-electron chi connectivity index (χ0n) is 8.56. The van der Waals surface area contributed by atoms with E-state index in [0.29, 0.717) is 10.2 Å². The van der Waals surface area contributed by atoms with Gasteiger partial charge in [0.25, 0.3) is 0 Å². The Kier molecular flexibility index (Phi) is 3.22. The van der Waals surface area contributed by atoms with E-state index < -0.39 is 0 Å². The van der Waals surface area contributed by atoms with Crippen LogP contribution in [0.4, 0.5) is 4.39 Å². The summed E-state index contributed by atoms with van der Waals surface area (Å²) in [6.07, 6.45) is 3.43. The Bertz CT molecular complexity index is 370. The number of alkyl halides is 1. The van der Waals surface area contributed by atoms with Gasteiger partial charge in [-0.05, 0) is 48.4 Å². The Morgan fingerprint density at radius 1 is 1.47 bits per heavy atom. The molecule has 1 unspecified atom stereocenters. The predicted molar refractivity (Wildman–Crippen MR) is 67.9 cm³/mol. The molecule has 1 aromatic rings. The molecule has 1 aliphatic carbocycles. The highest BCUT2D eigenvalue weighted by Crippen LogP contribution is 2.54. The van der Waals surface area contributed by atoms with Gasteiger partial charge in [0.15, 0.2) is 0 Å². The van der Waals surface area contributed by atoms with Crippen molar-refractivity contribution in [3.63, 3.8) is 0 Å². The lowest BCUT2D eigenvalue weighted by molar-refractivity contribution is 0.505. The normalized spacial score (nSPS) is 20.0. The van der Waals surface area contributed by atoms with Crippen molar-refractivity contribution in [2.75, 3.05) is 0 Å². The van der Waals surface area contributed by atoms with Gasteiger partial charge in [0.05, 0.1) is 0 Å². The van der Waals surface area contributed by atoms with Crippen molar-refractivity contribution in [3.8, 4) is 0 Å². The van der Waals surface area contributed by atoms with Gasteiger partial charge in [-0.1, -0.05) is 38.8 Å². The highest BCUT2D eigenvalue weighted by atomic mass is 79.9. The molecule has 0 aromatic heterocycles. The molecule has 0 saturated heterocycles. The molecule has 2 rings (SSSR count). The van der Waals surface area contributed by atoms with E-state index in [0.717, 1.165) is 16.5 Å². The number of benzene rings is 1. The summed E-state index contributed by atoms with van der Waals surface area (Å²) in [6.45, 7) is 2.18. The molecule has 0 spiro atoms. The van der Waals surface area contributed by atoms with Gasteiger partial charge < -0.3 is 0 Å². The minimum Gasteiger partial charge on any atom is -0.207 e. The second-order valence-electron chi connectivity index (χ2n) is 4.39. The minimum absolute atomic E-state index is 0.147. The molecule has 0 aliphatic heterocycles. The Morgan fingerprint density at radius 2 is 2.13 bits per heavy atom. The maximum absolute atomic E-state index is 13.1. The first kappa shape index (κ1) is 11.6. The summed E-state index contributed by atoms with van der Waals surface area (Å²) in [5, 5.41) is 0. The van der Waals surface area contributed by atoms with Crippen LogP contribution >= 0.6 is 31.9 Å². The van der Waals surface area contributed by atoms with Gasteiger partial charge >= 0.3 is 0 Å². The molecule has 0 bridgehead atoms. The number of hydrogen-bond acceptors (Lipinski definition) is 0. The summed E-state index contributed by atoms with van der Waals surface area (Å²) in [5.74, 6) is -0.147. The third kappa shape index (κ3) is 2.44. The van der Waals surface area contributed by atoms with Crippen LogP contribution in [0.25, 0.3) is 0 Å². The fraction of sp³-hybridized carbons (Fsp3) is 0.500. The van der Waals surface area contributed by atoms with Gasteiger partial charge in [0, 0.05) is 9.30 Å². The Hall–Kier alpha value is 0.110. The van der Waals surface area contributed by atoms with Crippen molar-refractivity contribution >= 4 is 31.9 Å². The van der Waals surface area contributed by atoms with Gasteiger partial charge in [-0.2, -0.15) is 0 Å². The van der Waals surface area contributed by atoms with E-state index in [2.05, 4.69) is 38.8 Å². The van der Waals surface area contributed by atoms with Gasteiger partial charge in [-0.25, -0.2) is 4.39 Å². The highest BCUT2D eigenvalue weighted by molar-refractivity contribution is 9.10. The molecule has 1 fully saturated rings. The summed E-state index contributed by atoms with van der Waals surface area (Å²) in [6, 6.07) is 4.92. The Morgan fingerprint density at radius 3 is 2.67 bits per heavy atom. The number of hydrogen-bond donors (Lipinski definition) is 0. The van der Waals surface area contributed by atoms with Crippen molar-refractivity contribution in [2.45, 2.75) is 31.0 Å². The molecule has 0 heterocycles. The summed E-state index contributed by atoms with van der Waals surface area (Å²) < 4.78 is 14.1. The van der Waals surface area contributed by atoms with E-state index >= 15 is 0 Å². The first-order valence-electron chi connectivity index (χ1n) is 5.11. The fourth-order valence-corrected chi connectivity index (χ4v) is 2.94. The number of rotatable bonds is 3. The largest absolute Gasteiger partial charge is 0.207 e. The summed E-state index contributed by atoms with van der Waals surface area (Å²) in [5.41, 5.74) is 1.44. The molecular formula is C12H13Br2F. The van der Waals surface area contributed by atoms with Crippen LogP contribution in [-0.4, -0.2) is 4.83 Å². The zero-order valence-corrected chi connectivity index (χ0v) is 11.7. The second kappa shape index (κ2) is 4.17. The van der Waals surface area contributed by atoms with E-state index in [1.54, 1.807) is 12.1 Å². The highest BCUT2D eigenvalue weighted by Gasteiger charge is 2.46. The van der Waals surface area contributed by atoms with Crippen molar-refractivity contribution in [1.29, 1.82) is 0 Å². The fourth-order valence-electron chi connectivity index (χ4n) is 1.93. The topological polar surface area (TPSA) is 0 Å². The molecule has 0 nitrogen and oxygen atoms in total. The van der Waals surface area contributed by atoms with E-state index in [1.807, 2.05) is 0 Å². The van der Waals surface area contributed by atoms with Crippen molar-refractivity contribution in [2.24, 2.45) is 5.41 Å². The van der Waals surface area contributed by atoms with Crippen LogP contribution in [0.3, 0.4) is 0 Å². The first-order valence-corrected chi connectivity index (χ1v) is 6.82. The first-order chi connectivity index (χ1) is 7.03. The molecule has 3 heteroatoms. The van der Waals surface area contributed by atoms with Crippen LogP contribution in [0.2, 0.25) is 0 Å². The molecular weight excluding hydrogens is 323 g/mol. The lowest BCUT2D eigenvalue weighted by atomic mass is 9.94. The van der Waals surface area contributed by atoms with Crippen LogP contribution in [0.15, 0.2) is 22.7 Å². The Labute approximate surface area is 107 Å². The van der Waals surface area contributed by atoms with E-state index in [1.165, 1.54) is 18.9 Å². The SMILES string of the molecule is CC(Br)C1(Cc2cc(F)ccc2Br)CC1. The van der Waals surface area contributed by atoms with E-state index in [9.17, 15) is 4.39 Å². The van der Waals surface area contributed by atoms with Gasteiger partial charge in [-0.15, -0.1) is 0 Å². The lowest BCUT2D eigenvalue weighted by Crippen LogP contribution is -2.15. The molecule has 1 saturated carbocycles. The average Bonchev–Trinajstić information content (AvgIpc) is 2.92. The zero-order chi connectivity index (χ0) is 11.1. The monoisotopic (exact) mass is 334 g/mol. The molecule has 1 atom stereocenters. The van der Waals surface area contributed by atoms with Gasteiger partial charge in [0.2, 0.25) is 0 Å². The van der Waals surface area contributed by atoms with E-state index in [-0.39, 0.29) is 5.82 Å². The molecule has 82 valence electrons. The summed E-state index contributed by atoms with van der Waals surface area (Å²) >= 11 is 7.13. The maximum atomic E-state index is 13.1. The molecule has 15 heavy (non-hydrogen) atoms. The smallest absolute Gasteiger partial charge is 0.123 e. The molecule has 1 aliphatic rings. The quantitative estimate of drug-likeness (QED) is 0.703. The molecule has 1 aromatic carbocycles. The molecule has 0 radical (unpaired) electrons. The maximum Gasteiger partial charge on any atom is 0.123 e. The van der Waals surface area contributed by atoms with Gasteiger partial charge in [0.1, 0.15) is 5.82 Å². The third-order valence-corrected chi connectivity index (χ3v) is 5.03. The van der Waals surface area contributed by atoms with Crippen LogP contribution in [0, 0.1) is 11.2 Å². The standard InChI is InChI=1S/C12H13Br2F/c1-8(13)12(4-5-12)7-9-6-10(15)2-3-11(9)14/h2-3,6,8H,4-5,7H2,1H3. The van der Waals surface area contributed by atoms with Crippen molar-refractivity contribution in [3.05, 3.63) is 34.1 Å².